The first-order valence-electron chi connectivity index (χ1n) is 12.9. The molecule has 0 spiro atoms. The molecule has 3 aromatic carbocycles. The van der Waals surface area contributed by atoms with Crippen molar-refractivity contribution in [3.8, 4) is 23.0 Å². The summed E-state index contributed by atoms with van der Waals surface area (Å²) in [6, 6.07) is 12.3. The van der Waals surface area contributed by atoms with Crippen LogP contribution in [0.15, 0.2) is 53.4 Å². The van der Waals surface area contributed by atoms with E-state index in [0.29, 0.717) is 5.75 Å². The zero-order chi connectivity index (χ0) is 30.5. The van der Waals surface area contributed by atoms with Gasteiger partial charge in [0.1, 0.15) is 18.0 Å². The van der Waals surface area contributed by atoms with Gasteiger partial charge in [-0.2, -0.15) is 0 Å². The molecule has 0 saturated carbocycles. The largest absolute Gasteiger partial charge is 0.496 e. The predicted molar refractivity (Wildman–Crippen MR) is 160 cm³/mol. The molecule has 0 bridgehead atoms. The number of nitrogens with one attached hydrogen (secondary N) is 1. The lowest BCUT2D eigenvalue weighted by Crippen LogP contribution is -2.42. The van der Waals surface area contributed by atoms with Crippen molar-refractivity contribution in [2.24, 2.45) is 0 Å². The molecule has 222 valence electrons. The Kier molecular flexibility index (Phi) is 10.4. The van der Waals surface area contributed by atoms with Crippen molar-refractivity contribution < 1.29 is 32.2 Å². The summed E-state index contributed by atoms with van der Waals surface area (Å²) in [6.07, 6.45) is 0. The van der Waals surface area contributed by atoms with Crippen molar-refractivity contribution >= 4 is 33.2 Å². The molecule has 3 rings (SSSR count). The van der Waals surface area contributed by atoms with Gasteiger partial charge < -0.3 is 24.3 Å². The van der Waals surface area contributed by atoms with Crippen LogP contribution in [0.5, 0.6) is 23.0 Å². The van der Waals surface area contributed by atoms with Crippen LogP contribution in [-0.2, 0) is 14.8 Å². The average molecular weight is 605 g/mol. The van der Waals surface area contributed by atoms with Gasteiger partial charge in [-0.3, -0.25) is 9.10 Å². The van der Waals surface area contributed by atoms with Crippen molar-refractivity contribution in [3.05, 3.63) is 70.2 Å². The molecule has 1 atom stereocenters. The van der Waals surface area contributed by atoms with E-state index in [1.165, 1.54) is 45.6 Å². The van der Waals surface area contributed by atoms with Crippen LogP contribution >= 0.6 is 11.6 Å². The number of hydrogen-bond donors (Lipinski definition) is 1. The summed E-state index contributed by atoms with van der Waals surface area (Å²) >= 11 is 6.26. The molecule has 0 aliphatic heterocycles. The third kappa shape index (κ3) is 7.00. The van der Waals surface area contributed by atoms with Crippen LogP contribution in [0, 0.1) is 6.92 Å². The van der Waals surface area contributed by atoms with Crippen LogP contribution in [0.1, 0.15) is 49.4 Å². The van der Waals surface area contributed by atoms with E-state index >= 15 is 0 Å². The Morgan fingerprint density at radius 1 is 0.829 bits per heavy atom. The summed E-state index contributed by atoms with van der Waals surface area (Å²) < 4.78 is 50.6. The minimum Gasteiger partial charge on any atom is -0.496 e. The summed E-state index contributed by atoms with van der Waals surface area (Å²) in [7, 11) is 1.59. The molecule has 0 aliphatic carbocycles. The number of methoxy groups -OCH3 is 4. The first-order valence-corrected chi connectivity index (χ1v) is 14.8. The minimum atomic E-state index is -4.31. The second kappa shape index (κ2) is 13.4. The third-order valence-corrected chi connectivity index (χ3v) is 8.72. The number of rotatable bonds is 12. The van der Waals surface area contributed by atoms with Gasteiger partial charge in [-0.25, -0.2) is 8.42 Å². The number of benzene rings is 3. The highest BCUT2D eigenvalue weighted by Gasteiger charge is 2.31. The van der Waals surface area contributed by atoms with Gasteiger partial charge in [0.2, 0.25) is 5.91 Å². The molecule has 0 aliphatic rings. The minimum absolute atomic E-state index is 0.106. The maximum Gasteiger partial charge on any atom is 0.265 e. The van der Waals surface area contributed by atoms with Crippen molar-refractivity contribution in [2.45, 2.75) is 44.6 Å². The van der Waals surface area contributed by atoms with Gasteiger partial charge in [0.25, 0.3) is 10.0 Å². The quantitative estimate of drug-likeness (QED) is 0.275. The van der Waals surface area contributed by atoms with Crippen LogP contribution in [0.4, 0.5) is 5.69 Å². The number of amides is 1. The number of anilines is 1. The number of carbonyl (C=O) groups is 1. The van der Waals surface area contributed by atoms with E-state index in [1.807, 2.05) is 26.0 Å². The standard InChI is InChI=1S/C30H37ClN2O7S/c1-18(2)23-16-24(19(3)13-28(23)39-7)20(4)32-30(34)17-33(25-14-21(31)9-11-26(25)37-5)41(35,36)22-10-12-27(38-6)29(15-22)40-8/h9-16,18,20H,17H2,1-8H3,(H,32,34)/t20-/m0/s1. The predicted octanol–water partition coefficient (Wildman–Crippen LogP) is 5.88. The van der Waals surface area contributed by atoms with Crippen LogP contribution in [-0.4, -0.2) is 49.3 Å². The fourth-order valence-electron chi connectivity index (χ4n) is 4.57. The van der Waals surface area contributed by atoms with E-state index in [4.69, 9.17) is 30.5 Å². The second-order valence-electron chi connectivity index (χ2n) is 9.74. The molecule has 3 aromatic rings. The number of nitrogens with zero attached hydrogens (tertiary/aromatic N) is 1. The van der Waals surface area contributed by atoms with Gasteiger partial charge in [0, 0.05) is 11.1 Å². The molecule has 11 heteroatoms. The van der Waals surface area contributed by atoms with Gasteiger partial charge in [0.15, 0.2) is 11.5 Å². The molecule has 41 heavy (non-hydrogen) atoms. The Hall–Kier alpha value is -3.63. The molecule has 0 radical (unpaired) electrons. The molecule has 0 aromatic heterocycles. The molecule has 9 nitrogen and oxygen atoms in total. The van der Waals surface area contributed by atoms with Gasteiger partial charge in [-0.05, 0) is 78.9 Å². The van der Waals surface area contributed by atoms with Crippen LogP contribution < -0.4 is 28.6 Å². The van der Waals surface area contributed by atoms with Gasteiger partial charge in [-0.15, -0.1) is 0 Å². The van der Waals surface area contributed by atoms with Crippen LogP contribution in [0.3, 0.4) is 0 Å². The van der Waals surface area contributed by atoms with E-state index in [9.17, 15) is 13.2 Å². The number of aryl methyl sites for hydroxylation is 1. The summed E-state index contributed by atoms with van der Waals surface area (Å²) in [5, 5.41) is 3.23. The van der Waals surface area contributed by atoms with Crippen molar-refractivity contribution in [1.82, 2.24) is 5.32 Å². The lowest BCUT2D eigenvalue weighted by atomic mass is 9.93. The van der Waals surface area contributed by atoms with Gasteiger partial charge in [0.05, 0.1) is 45.1 Å². The normalized spacial score (nSPS) is 12.0. The molecule has 1 N–H and O–H groups in total. The Labute approximate surface area is 247 Å². The number of ether oxygens (including phenoxy) is 4. The summed E-state index contributed by atoms with van der Waals surface area (Å²) in [4.78, 5) is 13.4. The van der Waals surface area contributed by atoms with Crippen molar-refractivity contribution in [1.29, 1.82) is 0 Å². The maximum atomic E-state index is 14.1. The second-order valence-corrected chi connectivity index (χ2v) is 12.0. The number of halogens is 1. The molecule has 0 heterocycles. The van der Waals surface area contributed by atoms with E-state index in [0.717, 1.165) is 26.7 Å². The van der Waals surface area contributed by atoms with E-state index in [1.54, 1.807) is 19.2 Å². The highest BCUT2D eigenvalue weighted by molar-refractivity contribution is 7.92. The summed E-state index contributed by atoms with van der Waals surface area (Å²) in [6.45, 7) is 7.38. The highest BCUT2D eigenvalue weighted by Crippen LogP contribution is 2.37. The van der Waals surface area contributed by atoms with Gasteiger partial charge >= 0.3 is 0 Å². The fourth-order valence-corrected chi connectivity index (χ4v) is 6.17. The monoisotopic (exact) mass is 604 g/mol. The zero-order valence-corrected chi connectivity index (χ0v) is 26.1. The van der Waals surface area contributed by atoms with Gasteiger partial charge in [-0.1, -0.05) is 25.4 Å². The molecular weight excluding hydrogens is 568 g/mol. The first kappa shape index (κ1) is 31.9. The van der Waals surface area contributed by atoms with Crippen LogP contribution in [0.2, 0.25) is 5.02 Å². The Morgan fingerprint density at radius 3 is 2.02 bits per heavy atom. The van der Waals surface area contributed by atoms with E-state index in [2.05, 4.69) is 19.2 Å². The van der Waals surface area contributed by atoms with Crippen molar-refractivity contribution in [2.75, 3.05) is 39.3 Å². The molecule has 0 fully saturated rings. The Balaban J connectivity index is 2.04. The molecule has 1 amide bonds. The summed E-state index contributed by atoms with van der Waals surface area (Å²) in [5.41, 5.74) is 2.96. The molecular formula is C30H37ClN2O7S. The Morgan fingerprint density at radius 2 is 1.44 bits per heavy atom. The number of carbonyl (C=O) groups excluding carboxylic acids is 1. The van der Waals surface area contributed by atoms with E-state index in [-0.39, 0.29) is 33.0 Å². The lowest BCUT2D eigenvalue weighted by molar-refractivity contribution is -0.120. The SMILES string of the molecule is COc1ccc(S(=O)(=O)N(CC(=O)N[C@@H](C)c2cc(C(C)C)c(OC)cc2C)c2cc(Cl)ccc2OC)cc1OC. The first-order chi connectivity index (χ1) is 19.4. The number of sulfonamides is 1. The highest BCUT2D eigenvalue weighted by atomic mass is 35.5. The molecule has 0 unspecified atom stereocenters. The Bertz CT molecular complexity index is 1510. The van der Waals surface area contributed by atoms with E-state index < -0.39 is 28.5 Å². The fraction of sp³-hybridized carbons (Fsp3) is 0.367. The van der Waals surface area contributed by atoms with Crippen LogP contribution in [0.25, 0.3) is 0 Å². The smallest absolute Gasteiger partial charge is 0.265 e. The lowest BCUT2D eigenvalue weighted by Gasteiger charge is -2.27. The summed E-state index contributed by atoms with van der Waals surface area (Å²) in [5.74, 6) is 1.27. The maximum absolute atomic E-state index is 14.1. The topological polar surface area (TPSA) is 103 Å². The third-order valence-electron chi connectivity index (χ3n) is 6.72. The average Bonchev–Trinajstić information content (AvgIpc) is 2.94. The zero-order valence-electron chi connectivity index (χ0n) is 24.6. The number of hydrogen-bond acceptors (Lipinski definition) is 7. The molecule has 0 saturated heterocycles. The van der Waals surface area contributed by atoms with Crippen molar-refractivity contribution in [3.63, 3.8) is 0 Å².